The Balaban J connectivity index is 2.26. The first-order chi connectivity index (χ1) is 9.99. The summed E-state index contributed by atoms with van der Waals surface area (Å²) >= 11 is 0. The van der Waals surface area contributed by atoms with Crippen molar-refractivity contribution in [1.82, 2.24) is 10.2 Å². The van der Waals surface area contributed by atoms with E-state index < -0.39 is 5.54 Å². The van der Waals surface area contributed by atoms with Gasteiger partial charge < -0.3 is 10.2 Å². The van der Waals surface area contributed by atoms with Crippen molar-refractivity contribution in [2.75, 3.05) is 0 Å². The molecule has 1 aliphatic carbocycles. The first kappa shape index (κ1) is 16.3. The summed E-state index contributed by atoms with van der Waals surface area (Å²) in [5, 5.41) is 2.99. The molecule has 21 heavy (non-hydrogen) atoms. The van der Waals surface area contributed by atoms with Crippen LogP contribution in [0.3, 0.4) is 0 Å². The minimum atomic E-state index is -0.678. The fourth-order valence-electron chi connectivity index (χ4n) is 4.04. The lowest BCUT2D eigenvalue weighted by molar-refractivity contribution is -0.159. The van der Waals surface area contributed by atoms with Crippen LogP contribution < -0.4 is 5.32 Å². The average Bonchev–Trinajstić information content (AvgIpc) is 2.51. The van der Waals surface area contributed by atoms with E-state index in [4.69, 9.17) is 0 Å². The van der Waals surface area contributed by atoms with E-state index in [1.165, 1.54) is 19.3 Å². The Morgan fingerprint density at radius 1 is 1.19 bits per heavy atom. The molecule has 0 bridgehead atoms. The van der Waals surface area contributed by atoms with Crippen LogP contribution in [0.25, 0.3) is 0 Å². The minimum Gasteiger partial charge on any atom is -0.340 e. The summed E-state index contributed by atoms with van der Waals surface area (Å²) in [6.45, 7) is 8.08. The molecule has 1 aliphatic heterocycles. The number of rotatable bonds is 4. The molecule has 0 radical (unpaired) electrons. The number of carbonyl (C=O) groups excluding carboxylic acids is 2. The smallest absolute Gasteiger partial charge is 0.249 e. The van der Waals surface area contributed by atoms with Crippen LogP contribution in [-0.4, -0.2) is 34.3 Å². The van der Waals surface area contributed by atoms with Crippen LogP contribution in [0, 0.1) is 5.92 Å². The van der Waals surface area contributed by atoms with Gasteiger partial charge in [0, 0.05) is 6.04 Å². The van der Waals surface area contributed by atoms with E-state index in [2.05, 4.69) is 12.2 Å². The fourth-order valence-corrected chi connectivity index (χ4v) is 4.04. The highest BCUT2D eigenvalue weighted by Crippen LogP contribution is 2.34. The van der Waals surface area contributed by atoms with Crippen molar-refractivity contribution in [2.45, 2.75) is 90.3 Å². The van der Waals surface area contributed by atoms with Gasteiger partial charge in [0.15, 0.2) is 0 Å². The lowest BCUT2D eigenvalue weighted by atomic mass is 9.80. The maximum Gasteiger partial charge on any atom is 0.249 e. The first-order valence-corrected chi connectivity index (χ1v) is 8.63. The molecule has 0 aromatic heterocycles. The third-order valence-corrected chi connectivity index (χ3v) is 5.74. The van der Waals surface area contributed by atoms with E-state index >= 15 is 0 Å². The summed E-state index contributed by atoms with van der Waals surface area (Å²) < 4.78 is 0. The molecule has 2 amide bonds. The van der Waals surface area contributed by atoms with Crippen molar-refractivity contribution >= 4 is 11.8 Å². The lowest BCUT2D eigenvalue weighted by Crippen LogP contribution is -2.71. The molecule has 0 spiro atoms. The van der Waals surface area contributed by atoms with E-state index in [0.717, 1.165) is 12.8 Å². The second-order valence-corrected chi connectivity index (χ2v) is 6.76. The topological polar surface area (TPSA) is 49.4 Å². The Morgan fingerprint density at radius 2 is 1.86 bits per heavy atom. The molecule has 1 saturated carbocycles. The summed E-state index contributed by atoms with van der Waals surface area (Å²) in [5.41, 5.74) is -0.678. The van der Waals surface area contributed by atoms with Gasteiger partial charge in [0.25, 0.3) is 0 Å². The van der Waals surface area contributed by atoms with Crippen LogP contribution in [0.1, 0.15) is 72.6 Å². The summed E-state index contributed by atoms with van der Waals surface area (Å²) in [4.78, 5) is 27.4. The van der Waals surface area contributed by atoms with Gasteiger partial charge in [-0.1, -0.05) is 40.0 Å². The molecule has 1 saturated heterocycles. The molecular weight excluding hydrogens is 264 g/mol. The lowest BCUT2D eigenvalue weighted by Gasteiger charge is -2.49. The van der Waals surface area contributed by atoms with Crippen molar-refractivity contribution in [3.8, 4) is 0 Å². The number of hydrogen-bond acceptors (Lipinski definition) is 2. The quantitative estimate of drug-likeness (QED) is 0.866. The van der Waals surface area contributed by atoms with Crippen molar-refractivity contribution in [1.29, 1.82) is 0 Å². The molecule has 1 N–H and O–H groups in total. The molecule has 1 heterocycles. The third kappa shape index (κ3) is 2.82. The molecule has 4 heteroatoms. The number of amides is 2. The van der Waals surface area contributed by atoms with Gasteiger partial charge >= 0.3 is 0 Å². The number of piperazine rings is 1. The predicted molar refractivity (Wildman–Crippen MR) is 83.8 cm³/mol. The van der Waals surface area contributed by atoms with Gasteiger partial charge in [-0.2, -0.15) is 0 Å². The zero-order valence-corrected chi connectivity index (χ0v) is 13.9. The zero-order valence-electron chi connectivity index (χ0n) is 13.9. The van der Waals surface area contributed by atoms with Crippen LogP contribution >= 0.6 is 0 Å². The second kappa shape index (κ2) is 6.37. The maximum atomic E-state index is 13.1. The fraction of sp³-hybridized carbons (Fsp3) is 0.882. The Kier molecular flexibility index (Phi) is 4.95. The van der Waals surface area contributed by atoms with Gasteiger partial charge in [0.1, 0.15) is 11.6 Å². The van der Waals surface area contributed by atoms with Crippen LogP contribution in [0.15, 0.2) is 0 Å². The van der Waals surface area contributed by atoms with Crippen LogP contribution in [0.4, 0.5) is 0 Å². The summed E-state index contributed by atoms with van der Waals surface area (Å²) in [7, 11) is 0. The van der Waals surface area contributed by atoms with Crippen LogP contribution in [0.2, 0.25) is 0 Å². The molecule has 3 unspecified atom stereocenters. The van der Waals surface area contributed by atoms with E-state index in [0.29, 0.717) is 18.8 Å². The standard InChI is InChI=1S/C17H30N2O2/c1-5-13-9-8-10-14(11-13)19-12(4)15(20)18-17(6-2,7-3)16(19)21/h12-14H,5-11H2,1-4H3,(H,18,20). The van der Waals surface area contributed by atoms with E-state index in [9.17, 15) is 9.59 Å². The Morgan fingerprint density at radius 3 is 2.43 bits per heavy atom. The number of nitrogens with zero attached hydrogens (tertiary/aromatic N) is 1. The van der Waals surface area contributed by atoms with Gasteiger partial charge in [-0.15, -0.1) is 0 Å². The van der Waals surface area contributed by atoms with E-state index in [1.54, 1.807) is 0 Å². The van der Waals surface area contributed by atoms with Gasteiger partial charge in [0.05, 0.1) is 0 Å². The Bertz CT molecular complexity index is 404. The maximum absolute atomic E-state index is 13.1. The largest absolute Gasteiger partial charge is 0.340 e. The van der Waals surface area contributed by atoms with Gasteiger partial charge in [0.2, 0.25) is 11.8 Å². The highest BCUT2D eigenvalue weighted by atomic mass is 16.2. The molecule has 2 rings (SSSR count). The van der Waals surface area contributed by atoms with Crippen molar-refractivity contribution in [3.63, 3.8) is 0 Å². The molecular formula is C17H30N2O2. The number of nitrogens with one attached hydrogen (secondary N) is 1. The van der Waals surface area contributed by atoms with E-state index in [1.807, 2.05) is 25.7 Å². The normalized spacial score (nSPS) is 33.0. The highest BCUT2D eigenvalue weighted by Gasteiger charge is 2.49. The SMILES string of the molecule is CCC1CCCC(N2C(=O)C(CC)(CC)NC(=O)C2C)C1. The minimum absolute atomic E-state index is 0.0110. The molecule has 2 fully saturated rings. The average molecular weight is 294 g/mol. The van der Waals surface area contributed by atoms with Gasteiger partial charge in [-0.25, -0.2) is 0 Å². The zero-order chi connectivity index (χ0) is 15.6. The van der Waals surface area contributed by atoms with Gasteiger partial charge in [-0.05, 0) is 38.5 Å². The van der Waals surface area contributed by atoms with Crippen molar-refractivity contribution in [3.05, 3.63) is 0 Å². The van der Waals surface area contributed by atoms with Crippen molar-refractivity contribution < 1.29 is 9.59 Å². The summed E-state index contributed by atoms with van der Waals surface area (Å²) in [6, 6.07) is -0.0842. The second-order valence-electron chi connectivity index (χ2n) is 6.76. The number of carbonyl (C=O) groups is 2. The third-order valence-electron chi connectivity index (χ3n) is 5.74. The van der Waals surface area contributed by atoms with Crippen LogP contribution in [-0.2, 0) is 9.59 Å². The molecule has 0 aromatic rings. The van der Waals surface area contributed by atoms with Crippen LogP contribution in [0.5, 0.6) is 0 Å². The van der Waals surface area contributed by atoms with Crippen molar-refractivity contribution in [2.24, 2.45) is 5.92 Å². The molecule has 0 aromatic carbocycles. The number of hydrogen-bond donors (Lipinski definition) is 1. The predicted octanol–water partition coefficient (Wildman–Crippen LogP) is 2.86. The molecule has 3 atom stereocenters. The Labute approximate surface area is 128 Å². The Hall–Kier alpha value is -1.06. The monoisotopic (exact) mass is 294 g/mol. The van der Waals surface area contributed by atoms with E-state index in [-0.39, 0.29) is 23.9 Å². The summed E-state index contributed by atoms with van der Waals surface area (Å²) in [5.74, 6) is 0.852. The molecule has 120 valence electrons. The molecule has 4 nitrogen and oxygen atoms in total. The highest BCUT2D eigenvalue weighted by molar-refractivity contribution is 5.99. The molecule has 2 aliphatic rings. The van der Waals surface area contributed by atoms with Gasteiger partial charge in [-0.3, -0.25) is 9.59 Å². The summed E-state index contributed by atoms with van der Waals surface area (Å²) in [6.07, 6.45) is 7.05. The first-order valence-electron chi connectivity index (χ1n) is 8.63.